The van der Waals surface area contributed by atoms with E-state index in [1.165, 1.54) is 11.3 Å². The molecule has 4 aromatic heterocycles. The van der Waals surface area contributed by atoms with Crippen LogP contribution in [-0.4, -0.2) is 9.13 Å². The summed E-state index contributed by atoms with van der Waals surface area (Å²) in [6.45, 7) is 9.59. The molecular formula is C74H42N4S2. The van der Waals surface area contributed by atoms with E-state index in [1.807, 2.05) is 78.9 Å². The molecule has 0 aliphatic carbocycles. The Morgan fingerprint density at radius 2 is 0.925 bits per heavy atom. The van der Waals surface area contributed by atoms with E-state index in [1.54, 1.807) is 11.3 Å². The van der Waals surface area contributed by atoms with Crippen molar-refractivity contribution >= 4 is 112 Å². The smallest absolute Gasteiger partial charge is 0.220 e. The lowest BCUT2D eigenvalue weighted by molar-refractivity contribution is 1.14. The van der Waals surface area contributed by atoms with Crippen molar-refractivity contribution in [2.75, 3.05) is 0 Å². The van der Waals surface area contributed by atoms with Crippen molar-refractivity contribution in [1.82, 2.24) is 9.13 Å². The molecule has 0 saturated carbocycles. The summed E-state index contributed by atoms with van der Waals surface area (Å²) in [7, 11) is 0. The summed E-state index contributed by atoms with van der Waals surface area (Å²) in [4.78, 5) is 4.64. The zero-order chi connectivity index (χ0) is 57.4. The summed E-state index contributed by atoms with van der Waals surface area (Å²) in [5.41, 5.74) is 13.0. The maximum Gasteiger partial charge on any atom is 0.220 e. The number of hydrogen-bond donors (Lipinski definition) is 0. The molecule has 4 heterocycles. The highest BCUT2D eigenvalue weighted by Gasteiger charge is 2.33. The molecule has 0 amide bonds. The fourth-order valence-corrected chi connectivity index (χ4v) is 15.1. The number of fused-ring (bicyclic) bond motifs is 14. The minimum Gasteiger partial charge on any atom is -0.318 e. The van der Waals surface area contributed by atoms with Crippen molar-refractivity contribution < 1.29 is 6.85 Å². The van der Waals surface area contributed by atoms with Gasteiger partial charge in [0.15, 0.2) is 0 Å². The van der Waals surface area contributed by atoms with Crippen LogP contribution in [0.25, 0.3) is 156 Å². The van der Waals surface area contributed by atoms with Crippen LogP contribution in [0.15, 0.2) is 255 Å². The molecule has 0 spiro atoms. The van der Waals surface area contributed by atoms with Gasteiger partial charge in [0.2, 0.25) is 5.69 Å². The molecule has 0 aliphatic rings. The molecule has 0 radical (unpaired) electrons. The topological polar surface area (TPSA) is 38.0 Å². The number of benzene rings is 12. The third kappa shape index (κ3) is 6.71. The summed E-state index contributed by atoms with van der Waals surface area (Å²) in [6, 6.07) is 78.0. The molecule has 0 saturated heterocycles. The molecule has 16 aromatic rings. The van der Waals surface area contributed by atoms with Crippen molar-refractivity contribution in [3.05, 3.63) is 272 Å². The molecule has 0 N–H and O–H groups in total. The number of hydrogen-bond acceptors (Lipinski definition) is 3. The average Bonchev–Trinajstić information content (AvgIpc) is 1.66. The molecule has 16 rings (SSSR count). The molecule has 4 nitrogen and oxygen atoms in total. The van der Waals surface area contributed by atoms with E-state index in [0.29, 0.717) is 44.9 Å². The van der Waals surface area contributed by atoms with Gasteiger partial charge in [0, 0.05) is 63.6 Å². The fraction of sp³-hybridized carbons (Fsp3) is 0. The molecule has 6 heteroatoms. The van der Waals surface area contributed by atoms with Gasteiger partial charge < -0.3 is 9.13 Å². The first kappa shape index (κ1) is 40.9. The van der Waals surface area contributed by atoms with Crippen LogP contribution in [0.5, 0.6) is 0 Å². The zero-order valence-corrected chi connectivity index (χ0v) is 44.1. The van der Waals surface area contributed by atoms with E-state index < -0.39 is 18.1 Å². The molecular weight excluding hydrogens is 1010 g/mol. The number of rotatable bonds is 7. The number of aromatic nitrogens is 2. The van der Waals surface area contributed by atoms with Crippen LogP contribution >= 0.6 is 22.7 Å². The van der Waals surface area contributed by atoms with E-state index in [-0.39, 0.29) is 17.6 Å². The molecule has 0 unspecified atom stereocenters. The molecule has 0 atom stereocenters. The zero-order valence-electron chi connectivity index (χ0n) is 47.5. The van der Waals surface area contributed by atoms with Gasteiger partial charge in [-0.3, -0.25) is 0 Å². The second-order valence-electron chi connectivity index (χ2n) is 20.0. The minimum absolute atomic E-state index is 0.134. The maximum atomic E-state index is 12.4. The van der Waals surface area contributed by atoms with Crippen molar-refractivity contribution in [1.29, 1.82) is 5.26 Å². The number of thiophene rings is 2. The summed E-state index contributed by atoms with van der Waals surface area (Å²) in [5.74, 6) is 0. The van der Waals surface area contributed by atoms with E-state index >= 15 is 0 Å². The minimum atomic E-state index is -0.448. The lowest BCUT2D eigenvalue weighted by Crippen LogP contribution is -2.09. The third-order valence-corrected chi connectivity index (χ3v) is 18.3. The normalized spacial score (nSPS) is 12.6. The van der Waals surface area contributed by atoms with Gasteiger partial charge in [-0.25, -0.2) is 4.85 Å². The Balaban J connectivity index is 1.16. The van der Waals surface area contributed by atoms with Gasteiger partial charge in [-0.15, -0.1) is 22.7 Å². The first-order valence-electron chi connectivity index (χ1n) is 28.8. The first-order valence-corrected chi connectivity index (χ1v) is 28.0. The van der Waals surface area contributed by atoms with E-state index in [9.17, 15) is 14.6 Å². The summed E-state index contributed by atoms with van der Waals surface area (Å²) < 4.78 is 52.7. The van der Waals surface area contributed by atoms with Crippen molar-refractivity contribution in [3.63, 3.8) is 0 Å². The van der Waals surface area contributed by atoms with Crippen LogP contribution in [0.4, 0.5) is 5.69 Å². The maximum absolute atomic E-state index is 12.4. The van der Waals surface area contributed by atoms with Gasteiger partial charge in [-0.1, -0.05) is 230 Å². The second kappa shape index (κ2) is 18.1. The van der Waals surface area contributed by atoms with Crippen LogP contribution in [0, 0.1) is 17.9 Å². The van der Waals surface area contributed by atoms with Gasteiger partial charge in [-0.05, 0) is 68.8 Å². The molecule has 12 aromatic carbocycles. The first-order chi connectivity index (χ1) is 41.7. The van der Waals surface area contributed by atoms with Crippen LogP contribution in [0.3, 0.4) is 0 Å². The summed E-state index contributed by atoms with van der Waals surface area (Å²) in [5, 5.41) is 20.3. The van der Waals surface area contributed by atoms with E-state index in [2.05, 4.69) is 166 Å². The van der Waals surface area contributed by atoms with Crippen LogP contribution < -0.4 is 0 Å². The van der Waals surface area contributed by atoms with Crippen molar-refractivity contribution in [2.45, 2.75) is 0 Å². The molecule has 0 bridgehead atoms. The fourth-order valence-electron chi connectivity index (χ4n) is 12.5. The summed E-state index contributed by atoms with van der Waals surface area (Å²) >= 11 is 3.23. The van der Waals surface area contributed by atoms with Crippen molar-refractivity contribution in [2.24, 2.45) is 0 Å². The summed E-state index contributed by atoms with van der Waals surface area (Å²) in [6.07, 6.45) is 0. The molecule has 370 valence electrons. The number of para-hydroxylation sites is 1. The highest BCUT2D eigenvalue weighted by Crippen LogP contribution is 2.55. The quantitative estimate of drug-likeness (QED) is 0.147. The van der Waals surface area contributed by atoms with Crippen LogP contribution in [0.2, 0.25) is 0 Å². The second-order valence-corrected chi connectivity index (χ2v) is 22.1. The SMILES string of the molecule is [2H]c1c([2H])c([2H])c(-c2cccc3c2sc2c3ccc3c4ccc5c6ccccc6sc5c4n(-c4c(C#N)c(-c5ccccc5)c([N+]#[C-])c(-n5c6ccccc6c6cc(-c7ccccc7)c(-c7ccccc7)cc65)c4-c4ccccc4)c32)c([2H])c1[2H]. The van der Waals surface area contributed by atoms with E-state index in [0.717, 1.165) is 112 Å². The highest BCUT2D eigenvalue weighted by molar-refractivity contribution is 7.27. The van der Waals surface area contributed by atoms with Gasteiger partial charge in [0.05, 0.1) is 61.8 Å². The average molecular weight is 1060 g/mol. The third-order valence-electron chi connectivity index (χ3n) is 15.9. The Morgan fingerprint density at radius 3 is 1.57 bits per heavy atom. The predicted molar refractivity (Wildman–Crippen MR) is 339 cm³/mol. The van der Waals surface area contributed by atoms with Crippen LogP contribution in [0.1, 0.15) is 12.4 Å². The van der Waals surface area contributed by atoms with Gasteiger partial charge in [-0.2, -0.15) is 5.26 Å². The van der Waals surface area contributed by atoms with E-state index in [4.69, 9.17) is 4.11 Å². The Labute approximate surface area is 475 Å². The Morgan fingerprint density at radius 1 is 0.400 bits per heavy atom. The Hall–Kier alpha value is -10.3. The monoisotopic (exact) mass is 1060 g/mol. The standard InChI is InChI=1S/C74H42N4S2/c1-76-67-65(48-28-13-5-14-29-48)61(44-75)68(66(49-30-15-6-16-31-49)71(67)77-62-36-19-17-32-51(62)60-42-58(46-24-9-3-10-25-46)59(43-63(60)77)47-26-11-4-12-27-47)78-69-53(38-40-56-52-33-18-20-37-64(52)79-73(56)69)54-39-41-57-55-35-21-34-50(45-22-7-2-8-23-45)72(55)80-74(57)70(54)78/h2-43H/i2D,7D,8D,22D,23D. The largest absolute Gasteiger partial charge is 0.318 e. The highest BCUT2D eigenvalue weighted by atomic mass is 32.1. The van der Waals surface area contributed by atoms with Crippen LogP contribution in [-0.2, 0) is 0 Å². The van der Waals surface area contributed by atoms with Crippen molar-refractivity contribution in [3.8, 4) is 73.1 Å². The van der Waals surface area contributed by atoms with Gasteiger partial charge >= 0.3 is 0 Å². The Bertz CT molecular complexity index is 5590. The van der Waals surface area contributed by atoms with Gasteiger partial charge in [0.1, 0.15) is 6.07 Å². The van der Waals surface area contributed by atoms with Gasteiger partial charge in [0.25, 0.3) is 0 Å². The lowest BCUT2D eigenvalue weighted by atomic mass is 9.88. The molecule has 0 fully saturated rings. The lowest BCUT2D eigenvalue weighted by Gasteiger charge is -2.26. The number of nitriles is 1. The molecule has 0 aliphatic heterocycles. The predicted octanol–water partition coefficient (Wildman–Crippen LogP) is 21.4. The molecule has 80 heavy (non-hydrogen) atoms. The number of nitrogens with zero attached hydrogens (tertiary/aromatic N) is 4. The Kier molecular flexibility index (Phi) is 9.26.